The lowest BCUT2D eigenvalue weighted by molar-refractivity contribution is -0.117. The molecule has 1 atom stereocenters. The summed E-state index contributed by atoms with van der Waals surface area (Å²) in [6.07, 6.45) is 6.45. The number of aryl methyl sites for hydroxylation is 2. The minimum absolute atomic E-state index is 0.0179. The molecule has 1 aliphatic rings. The SMILES string of the molecule is Cc1ccc([C@H](NC(=O)/C=C/c2cn(C)c(=O)n(C)c2=O)C2CC2)cc1. The molecule has 6 nitrogen and oxygen atoms in total. The standard InChI is InChI=1S/C20H23N3O3/c1-13-4-6-14(7-5-13)18(15-8-9-15)21-17(24)11-10-16-12-22(2)20(26)23(3)19(16)25/h4-7,10-12,15,18H,8-9H2,1-3H3,(H,21,24)/b11-10+/t18-/m0/s1. The Morgan fingerprint density at radius 3 is 2.46 bits per heavy atom. The van der Waals surface area contributed by atoms with Crippen molar-refractivity contribution >= 4 is 12.0 Å². The lowest BCUT2D eigenvalue weighted by Crippen LogP contribution is -2.37. The van der Waals surface area contributed by atoms with Crippen LogP contribution in [0.15, 0.2) is 46.1 Å². The van der Waals surface area contributed by atoms with Crippen LogP contribution in [0.2, 0.25) is 0 Å². The van der Waals surface area contributed by atoms with Crippen molar-refractivity contribution in [1.82, 2.24) is 14.5 Å². The number of rotatable bonds is 5. The molecule has 0 spiro atoms. The van der Waals surface area contributed by atoms with Crippen LogP contribution < -0.4 is 16.6 Å². The molecule has 0 radical (unpaired) electrons. The van der Waals surface area contributed by atoms with Crippen LogP contribution in [0.4, 0.5) is 0 Å². The van der Waals surface area contributed by atoms with Crippen LogP contribution in [0.3, 0.4) is 0 Å². The fourth-order valence-corrected chi connectivity index (χ4v) is 2.99. The number of carbonyl (C=O) groups is 1. The van der Waals surface area contributed by atoms with Crippen LogP contribution in [0, 0.1) is 12.8 Å². The quantitative estimate of drug-likeness (QED) is 0.831. The van der Waals surface area contributed by atoms with Gasteiger partial charge in [-0.05, 0) is 37.3 Å². The Kier molecular flexibility index (Phi) is 4.93. The van der Waals surface area contributed by atoms with Gasteiger partial charge in [-0.2, -0.15) is 0 Å². The van der Waals surface area contributed by atoms with Crippen molar-refractivity contribution < 1.29 is 4.79 Å². The van der Waals surface area contributed by atoms with E-state index in [1.165, 1.54) is 35.5 Å². The number of carbonyl (C=O) groups excluding carboxylic acids is 1. The van der Waals surface area contributed by atoms with Crippen molar-refractivity contribution in [2.45, 2.75) is 25.8 Å². The van der Waals surface area contributed by atoms with Crippen LogP contribution >= 0.6 is 0 Å². The highest BCUT2D eigenvalue weighted by atomic mass is 16.2. The van der Waals surface area contributed by atoms with Crippen LogP contribution in [0.5, 0.6) is 0 Å². The Bertz CT molecular complexity index is 963. The molecule has 6 heteroatoms. The van der Waals surface area contributed by atoms with Crippen LogP contribution in [0.25, 0.3) is 6.08 Å². The summed E-state index contributed by atoms with van der Waals surface area (Å²) in [5.41, 5.74) is 1.75. The maximum Gasteiger partial charge on any atom is 0.330 e. The molecule has 1 saturated carbocycles. The van der Waals surface area contributed by atoms with Gasteiger partial charge in [0.15, 0.2) is 0 Å². The van der Waals surface area contributed by atoms with Gasteiger partial charge in [-0.1, -0.05) is 29.8 Å². The van der Waals surface area contributed by atoms with Crippen molar-refractivity contribution in [2.24, 2.45) is 20.0 Å². The average Bonchev–Trinajstić information content (AvgIpc) is 3.45. The molecule has 1 N–H and O–H groups in total. The number of benzene rings is 1. The molecule has 1 amide bonds. The second kappa shape index (κ2) is 7.15. The first-order valence-electron chi connectivity index (χ1n) is 8.68. The minimum atomic E-state index is -0.422. The van der Waals surface area contributed by atoms with Gasteiger partial charge in [0.25, 0.3) is 5.56 Å². The Labute approximate surface area is 151 Å². The molecule has 1 heterocycles. The van der Waals surface area contributed by atoms with Gasteiger partial charge in [0.1, 0.15) is 0 Å². The van der Waals surface area contributed by atoms with Gasteiger partial charge < -0.3 is 9.88 Å². The monoisotopic (exact) mass is 353 g/mol. The number of hydrogen-bond donors (Lipinski definition) is 1. The minimum Gasteiger partial charge on any atom is -0.345 e. The lowest BCUT2D eigenvalue weighted by atomic mass is 10.0. The predicted octanol–water partition coefficient (Wildman–Crippen LogP) is 1.67. The van der Waals surface area contributed by atoms with Gasteiger partial charge in [-0.25, -0.2) is 4.79 Å². The predicted molar refractivity (Wildman–Crippen MR) is 101 cm³/mol. The van der Waals surface area contributed by atoms with Gasteiger partial charge in [-0.3, -0.25) is 14.2 Å². The molecule has 0 aliphatic heterocycles. The highest BCUT2D eigenvalue weighted by Gasteiger charge is 2.33. The summed E-state index contributed by atoms with van der Waals surface area (Å²) in [5.74, 6) is 0.207. The maximum absolute atomic E-state index is 12.4. The van der Waals surface area contributed by atoms with E-state index in [2.05, 4.69) is 5.32 Å². The fraction of sp³-hybridized carbons (Fsp3) is 0.350. The largest absolute Gasteiger partial charge is 0.345 e. The Balaban J connectivity index is 1.77. The zero-order valence-electron chi connectivity index (χ0n) is 15.2. The molecule has 136 valence electrons. The molecular formula is C20H23N3O3. The topological polar surface area (TPSA) is 73.1 Å². The molecule has 26 heavy (non-hydrogen) atoms. The zero-order chi connectivity index (χ0) is 18.8. The highest BCUT2D eigenvalue weighted by molar-refractivity contribution is 5.91. The van der Waals surface area contributed by atoms with Gasteiger partial charge >= 0.3 is 5.69 Å². The summed E-state index contributed by atoms with van der Waals surface area (Å²) in [6, 6.07) is 8.16. The van der Waals surface area contributed by atoms with E-state index in [0.29, 0.717) is 11.5 Å². The van der Waals surface area contributed by atoms with Gasteiger partial charge in [0.2, 0.25) is 5.91 Å². The average molecular weight is 353 g/mol. The molecule has 3 rings (SSSR count). The number of aromatic nitrogens is 2. The molecule has 1 aromatic carbocycles. The second-order valence-corrected chi connectivity index (χ2v) is 6.91. The van der Waals surface area contributed by atoms with Gasteiger partial charge in [0, 0.05) is 26.4 Å². The molecule has 1 aromatic heterocycles. The third-order valence-corrected chi connectivity index (χ3v) is 4.71. The number of hydrogen-bond acceptors (Lipinski definition) is 3. The summed E-state index contributed by atoms with van der Waals surface area (Å²) in [5, 5.41) is 3.04. The number of nitrogens with one attached hydrogen (secondary N) is 1. The van der Waals surface area contributed by atoms with Crippen molar-refractivity contribution in [1.29, 1.82) is 0 Å². The summed E-state index contributed by atoms with van der Waals surface area (Å²) in [4.78, 5) is 36.2. The maximum atomic E-state index is 12.4. The van der Waals surface area contributed by atoms with E-state index >= 15 is 0 Å². The summed E-state index contributed by atoms with van der Waals surface area (Å²) >= 11 is 0. The van der Waals surface area contributed by atoms with E-state index in [0.717, 1.165) is 23.0 Å². The normalized spacial score (nSPS) is 15.2. The molecule has 2 aromatic rings. The van der Waals surface area contributed by atoms with Crippen molar-refractivity contribution in [2.75, 3.05) is 0 Å². The fourth-order valence-electron chi connectivity index (χ4n) is 2.99. The van der Waals surface area contributed by atoms with Crippen LogP contribution in [-0.4, -0.2) is 15.0 Å². The molecule has 0 bridgehead atoms. The Hall–Kier alpha value is -2.89. The van der Waals surface area contributed by atoms with Crippen molar-refractivity contribution in [3.63, 3.8) is 0 Å². The zero-order valence-corrected chi connectivity index (χ0v) is 15.2. The smallest absolute Gasteiger partial charge is 0.330 e. The molecular weight excluding hydrogens is 330 g/mol. The van der Waals surface area contributed by atoms with E-state index in [1.807, 2.05) is 31.2 Å². The second-order valence-electron chi connectivity index (χ2n) is 6.91. The summed E-state index contributed by atoms with van der Waals surface area (Å²) in [6.45, 7) is 2.03. The Morgan fingerprint density at radius 2 is 1.85 bits per heavy atom. The first-order valence-corrected chi connectivity index (χ1v) is 8.68. The Morgan fingerprint density at radius 1 is 1.19 bits per heavy atom. The number of nitrogens with zero attached hydrogens (tertiary/aromatic N) is 2. The third-order valence-electron chi connectivity index (χ3n) is 4.71. The van der Waals surface area contributed by atoms with Crippen molar-refractivity contribution in [3.05, 3.63) is 74.1 Å². The third kappa shape index (κ3) is 3.85. The highest BCUT2D eigenvalue weighted by Crippen LogP contribution is 2.41. The summed E-state index contributed by atoms with van der Waals surface area (Å²) < 4.78 is 2.34. The van der Waals surface area contributed by atoms with Crippen molar-refractivity contribution in [3.8, 4) is 0 Å². The molecule has 0 unspecified atom stereocenters. The first kappa shape index (κ1) is 17.9. The number of amides is 1. The van der Waals surface area contributed by atoms with E-state index in [-0.39, 0.29) is 11.9 Å². The van der Waals surface area contributed by atoms with Crippen LogP contribution in [-0.2, 0) is 18.9 Å². The van der Waals surface area contributed by atoms with Crippen LogP contribution in [0.1, 0.15) is 35.6 Å². The molecule has 1 fully saturated rings. The summed E-state index contributed by atoms with van der Waals surface area (Å²) in [7, 11) is 2.99. The lowest BCUT2D eigenvalue weighted by Gasteiger charge is -2.18. The van der Waals surface area contributed by atoms with E-state index < -0.39 is 11.2 Å². The van der Waals surface area contributed by atoms with E-state index in [1.54, 1.807) is 7.05 Å². The van der Waals surface area contributed by atoms with E-state index in [9.17, 15) is 14.4 Å². The van der Waals surface area contributed by atoms with E-state index in [4.69, 9.17) is 0 Å². The van der Waals surface area contributed by atoms with Gasteiger partial charge in [0.05, 0.1) is 11.6 Å². The molecule has 0 saturated heterocycles. The van der Waals surface area contributed by atoms with Gasteiger partial charge in [-0.15, -0.1) is 0 Å². The first-order chi connectivity index (χ1) is 12.4. The molecule has 1 aliphatic carbocycles.